The van der Waals surface area contributed by atoms with Crippen LogP contribution >= 0.6 is 12.2 Å². The van der Waals surface area contributed by atoms with Gasteiger partial charge in [-0.2, -0.15) is 0 Å². The molecule has 0 aliphatic rings. The third-order valence-corrected chi connectivity index (χ3v) is 3.42. The van der Waals surface area contributed by atoms with Gasteiger partial charge in [0.1, 0.15) is 10.7 Å². The highest BCUT2D eigenvalue weighted by atomic mass is 32.1. The molecule has 0 aliphatic heterocycles. The summed E-state index contributed by atoms with van der Waals surface area (Å²) >= 11 is 4.99. The number of pyridine rings is 1. The van der Waals surface area contributed by atoms with E-state index in [-0.39, 0.29) is 5.56 Å². The Bertz CT molecular complexity index is 695. The summed E-state index contributed by atoms with van der Waals surface area (Å²) in [7, 11) is 0. The molecule has 0 saturated carbocycles. The molecule has 0 spiro atoms. The lowest BCUT2D eigenvalue weighted by Gasteiger charge is -2.12. The molecule has 1 aromatic carbocycles. The number of para-hydroxylation sites is 1. The van der Waals surface area contributed by atoms with Gasteiger partial charge in [-0.1, -0.05) is 30.4 Å². The van der Waals surface area contributed by atoms with Crippen molar-refractivity contribution < 1.29 is 4.74 Å². The quantitative estimate of drug-likeness (QED) is 0.657. The number of aromatic nitrogens is 1. The van der Waals surface area contributed by atoms with Crippen molar-refractivity contribution in [3.8, 4) is 5.75 Å². The van der Waals surface area contributed by atoms with Crippen LogP contribution < -0.4 is 16.0 Å². The average Bonchev–Trinajstić information content (AvgIpc) is 2.46. The number of thiocarbonyl (C=S) groups is 1. The van der Waals surface area contributed by atoms with Crippen LogP contribution in [-0.2, 0) is 6.54 Å². The highest BCUT2D eigenvalue weighted by Crippen LogP contribution is 2.17. The molecule has 0 fully saturated rings. The maximum absolute atomic E-state index is 11.7. The van der Waals surface area contributed by atoms with E-state index in [2.05, 4.69) is 0 Å². The molecular weight excluding hydrogens is 284 g/mol. The lowest BCUT2D eigenvalue weighted by Crippen LogP contribution is -2.22. The van der Waals surface area contributed by atoms with Crippen molar-refractivity contribution in [3.05, 3.63) is 64.1 Å². The van der Waals surface area contributed by atoms with Gasteiger partial charge in [0, 0.05) is 18.3 Å². The minimum Gasteiger partial charge on any atom is -0.493 e. The standard InChI is InChI=1S/C16H18N2O2S/c1-12-6-4-9-15(19)18(12)10-5-11-20-14-8-3-2-7-13(14)16(17)21/h2-4,6-9H,5,10-11H2,1H3,(H2,17,21). The van der Waals surface area contributed by atoms with E-state index in [1.54, 1.807) is 16.7 Å². The van der Waals surface area contributed by atoms with Crippen molar-refractivity contribution in [2.24, 2.45) is 5.73 Å². The molecule has 0 atom stereocenters. The maximum atomic E-state index is 11.7. The fraction of sp³-hybridized carbons (Fsp3) is 0.250. The van der Waals surface area contributed by atoms with E-state index in [1.807, 2.05) is 37.3 Å². The number of rotatable bonds is 6. The van der Waals surface area contributed by atoms with Crippen LogP contribution in [0.15, 0.2) is 47.3 Å². The molecule has 110 valence electrons. The Morgan fingerprint density at radius 3 is 2.71 bits per heavy atom. The topological polar surface area (TPSA) is 57.2 Å². The van der Waals surface area contributed by atoms with E-state index < -0.39 is 0 Å². The Balaban J connectivity index is 1.94. The van der Waals surface area contributed by atoms with Gasteiger partial charge in [0.05, 0.1) is 12.2 Å². The zero-order valence-electron chi connectivity index (χ0n) is 11.9. The van der Waals surface area contributed by atoms with E-state index in [0.717, 1.165) is 17.7 Å². The summed E-state index contributed by atoms with van der Waals surface area (Å²) in [6.07, 6.45) is 0.733. The molecule has 5 heteroatoms. The van der Waals surface area contributed by atoms with E-state index in [1.165, 1.54) is 0 Å². The SMILES string of the molecule is Cc1cccc(=O)n1CCCOc1ccccc1C(N)=S. The summed E-state index contributed by atoms with van der Waals surface area (Å²) in [5, 5.41) is 0. The summed E-state index contributed by atoms with van der Waals surface area (Å²) < 4.78 is 7.46. The first kappa shape index (κ1) is 15.3. The second-order valence-corrected chi connectivity index (χ2v) is 5.16. The molecule has 0 aliphatic carbocycles. The number of aryl methyl sites for hydroxylation is 1. The van der Waals surface area contributed by atoms with Gasteiger partial charge in [-0.3, -0.25) is 4.79 Å². The summed E-state index contributed by atoms with van der Waals surface area (Å²) in [6.45, 7) is 3.05. The molecule has 0 saturated heterocycles. The van der Waals surface area contributed by atoms with Gasteiger partial charge in [0.2, 0.25) is 0 Å². The zero-order chi connectivity index (χ0) is 15.2. The predicted octanol–water partition coefficient (Wildman–Crippen LogP) is 2.26. The fourth-order valence-electron chi connectivity index (χ4n) is 2.11. The molecule has 0 radical (unpaired) electrons. The van der Waals surface area contributed by atoms with Crippen LogP contribution in [0, 0.1) is 6.92 Å². The summed E-state index contributed by atoms with van der Waals surface area (Å²) in [6, 6.07) is 12.7. The fourth-order valence-corrected chi connectivity index (χ4v) is 2.28. The Morgan fingerprint density at radius 1 is 1.24 bits per heavy atom. The number of benzene rings is 1. The van der Waals surface area contributed by atoms with E-state index in [9.17, 15) is 4.79 Å². The van der Waals surface area contributed by atoms with Crippen molar-refractivity contribution in [2.45, 2.75) is 19.9 Å². The number of ether oxygens (including phenoxy) is 1. The van der Waals surface area contributed by atoms with Gasteiger partial charge in [0.25, 0.3) is 5.56 Å². The minimum atomic E-state index is 0.0125. The molecule has 0 amide bonds. The van der Waals surface area contributed by atoms with Gasteiger partial charge in [0.15, 0.2) is 0 Å². The molecule has 21 heavy (non-hydrogen) atoms. The van der Waals surface area contributed by atoms with Gasteiger partial charge < -0.3 is 15.0 Å². The lowest BCUT2D eigenvalue weighted by molar-refractivity contribution is 0.300. The maximum Gasteiger partial charge on any atom is 0.250 e. The summed E-state index contributed by atoms with van der Waals surface area (Å²) in [5.41, 5.74) is 7.35. The monoisotopic (exact) mass is 302 g/mol. The highest BCUT2D eigenvalue weighted by Gasteiger charge is 2.05. The van der Waals surface area contributed by atoms with Crippen LogP contribution in [0.3, 0.4) is 0 Å². The number of nitrogens with zero attached hydrogens (tertiary/aromatic N) is 1. The lowest BCUT2D eigenvalue weighted by atomic mass is 10.2. The third kappa shape index (κ3) is 3.92. The molecular formula is C16H18N2O2S. The molecule has 1 aromatic heterocycles. The van der Waals surface area contributed by atoms with E-state index >= 15 is 0 Å². The average molecular weight is 302 g/mol. The summed E-state index contributed by atoms with van der Waals surface area (Å²) in [5.74, 6) is 0.683. The molecule has 1 heterocycles. The van der Waals surface area contributed by atoms with Gasteiger partial charge >= 0.3 is 0 Å². The van der Waals surface area contributed by atoms with Crippen LogP contribution in [0.5, 0.6) is 5.75 Å². The van der Waals surface area contributed by atoms with Crippen molar-refractivity contribution in [2.75, 3.05) is 6.61 Å². The second-order valence-electron chi connectivity index (χ2n) is 4.72. The van der Waals surface area contributed by atoms with Crippen molar-refractivity contribution >= 4 is 17.2 Å². The smallest absolute Gasteiger partial charge is 0.250 e. The van der Waals surface area contributed by atoms with Gasteiger partial charge in [-0.25, -0.2) is 0 Å². The van der Waals surface area contributed by atoms with Crippen LogP contribution in [0.2, 0.25) is 0 Å². The van der Waals surface area contributed by atoms with E-state index in [4.69, 9.17) is 22.7 Å². The van der Waals surface area contributed by atoms with Crippen LogP contribution in [-0.4, -0.2) is 16.2 Å². The molecule has 4 nitrogen and oxygen atoms in total. The van der Waals surface area contributed by atoms with Crippen LogP contribution in [0.25, 0.3) is 0 Å². The van der Waals surface area contributed by atoms with Gasteiger partial charge in [-0.05, 0) is 31.5 Å². The predicted molar refractivity (Wildman–Crippen MR) is 87.9 cm³/mol. The Labute approximate surface area is 129 Å². The normalized spacial score (nSPS) is 10.3. The number of hydrogen-bond donors (Lipinski definition) is 1. The van der Waals surface area contributed by atoms with Gasteiger partial charge in [-0.15, -0.1) is 0 Å². The Hall–Kier alpha value is -2.14. The van der Waals surface area contributed by atoms with Crippen LogP contribution in [0.4, 0.5) is 0 Å². The van der Waals surface area contributed by atoms with Crippen LogP contribution in [0.1, 0.15) is 17.7 Å². The second kappa shape index (κ2) is 7.04. The van der Waals surface area contributed by atoms with E-state index in [0.29, 0.717) is 23.9 Å². The first-order valence-electron chi connectivity index (χ1n) is 6.77. The van der Waals surface area contributed by atoms with Crippen molar-refractivity contribution in [3.63, 3.8) is 0 Å². The molecule has 0 bridgehead atoms. The zero-order valence-corrected chi connectivity index (χ0v) is 12.7. The molecule has 2 rings (SSSR count). The highest BCUT2D eigenvalue weighted by molar-refractivity contribution is 7.80. The largest absolute Gasteiger partial charge is 0.493 e. The first-order valence-corrected chi connectivity index (χ1v) is 7.18. The number of hydrogen-bond acceptors (Lipinski definition) is 3. The number of nitrogens with two attached hydrogens (primary N) is 1. The van der Waals surface area contributed by atoms with Crippen molar-refractivity contribution in [1.82, 2.24) is 4.57 Å². The van der Waals surface area contributed by atoms with Crippen molar-refractivity contribution in [1.29, 1.82) is 0 Å². The first-order chi connectivity index (χ1) is 10.1. The summed E-state index contributed by atoms with van der Waals surface area (Å²) in [4.78, 5) is 12.1. The molecule has 0 unspecified atom stereocenters. The third-order valence-electron chi connectivity index (χ3n) is 3.20. The minimum absolute atomic E-state index is 0.0125. The Morgan fingerprint density at radius 2 is 2.00 bits per heavy atom. The molecule has 2 N–H and O–H groups in total. The Kier molecular flexibility index (Phi) is 5.11. The molecule has 2 aromatic rings.